The normalized spacial score (nSPS) is 16.6. The average molecular weight is 423 g/mol. The minimum absolute atomic E-state index is 0.0431. The molecule has 1 aliphatic heterocycles. The number of carbonyl (C=O) groups excluding carboxylic acids is 3. The number of rotatable bonds is 6. The van der Waals surface area contributed by atoms with E-state index >= 15 is 0 Å². The molecule has 9 heteroatoms. The van der Waals surface area contributed by atoms with Crippen LogP contribution in [0.25, 0.3) is 0 Å². The monoisotopic (exact) mass is 423 g/mol. The van der Waals surface area contributed by atoms with Crippen molar-refractivity contribution < 1.29 is 28.2 Å². The van der Waals surface area contributed by atoms with Gasteiger partial charge in [0.15, 0.2) is 0 Å². The standard InChI is InChI=1S/C21H30FN3O5/c1-21(2,3)30-20(28)24-10-9-23-18(26)14-6-5-11-25(13-14)19(27)16-8-7-15(29-4)12-17(16)22/h7-8,12,14H,5-6,9-11,13H2,1-4H3,(H,23,26)(H,24,28). The van der Waals surface area contributed by atoms with Gasteiger partial charge in [-0.25, -0.2) is 9.18 Å². The maximum Gasteiger partial charge on any atom is 0.407 e. The molecule has 1 aliphatic rings. The first-order valence-electron chi connectivity index (χ1n) is 9.98. The Bertz CT molecular complexity index is 778. The fourth-order valence-corrected chi connectivity index (χ4v) is 3.15. The van der Waals surface area contributed by atoms with Crippen LogP contribution in [0.5, 0.6) is 5.75 Å². The van der Waals surface area contributed by atoms with E-state index < -0.39 is 23.4 Å². The van der Waals surface area contributed by atoms with Gasteiger partial charge in [0.05, 0.1) is 18.6 Å². The molecular weight excluding hydrogens is 393 g/mol. The predicted molar refractivity (Wildman–Crippen MR) is 109 cm³/mol. The molecule has 2 N–H and O–H groups in total. The highest BCUT2D eigenvalue weighted by molar-refractivity contribution is 5.95. The number of hydrogen-bond acceptors (Lipinski definition) is 5. The summed E-state index contributed by atoms with van der Waals surface area (Å²) in [7, 11) is 1.42. The second kappa shape index (κ2) is 10.3. The Morgan fingerprint density at radius 1 is 1.20 bits per heavy atom. The fourth-order valence-electron chi connectivity index (χ4n) is 3.15. The molecule has 30 heavy (non-hydrogen) atoms. The van der Waals surface area contributed by atoms with E-state index in [1.165, 1.54) is 30.2 Å². The molecule has 1 unspecified atom stereocenters. The van der Waals surface area contributed by atoms with Gasteiger partial charge in [-0.3, -0.25) is 9.59 Å². The molecule has 1 saturated heterocycles. The van der Waals surface area contributed by atoms with Crippen molar-refractivity contribution >= 4 is 17.9 Å². The minimum Gasteiger partial charge on any atom is -0.497 e. The number of likely N-dealkylation sites (tertiary alicyclic amines) is 1. The predicted octanol–water partition coefficient (Wildman–Crippen LogP) is 2.33. The van der Waals surface area contributed by atoms with Crippen molar-refractivity contribution in [3.63, 3.8) is 0 Å². The number of ether oxygens (including phenoxy) is 2. The first kappa shape index (κ1) is 23.4. The molecule has 0 saturated carbocycles. The van der Waals surface area contributed by atoms with Crippen LogP contribution in [0.3, 0.4) is 0 Å². The van der Waals surface area contributed by atoms with Crippen LogP contribution in [-0.4, -0.2) is 61.7 Å². The summed E-state index contributed by atoms with van der Waals surface area (Å²) in [5.41, 5.74) is -0.632. The van der Waals surface area contributed by atoms with Crippen LogP contribution in [0, 0.1) is 11.7 Å². The highest BCUT2D eigenvalue weighted by Gasteiger charge is 2.30. The van der Waals surface area contributed by atoms with Gasteiger partial charge in [-0.05, 0) is 45.7 Å². The summed E-state index contributed by atoms with van der Waals surface area (Å²) in [5, 5.41) is 5.33. The molecule has 8 nitrogen and oxygen atoms in total. The molecular formula is C21H30FN3O5. The average Bonchev–Trinajstić information content (AvgIpc) is 2.69. The van der Waals surface area contributed by atoms with Crippen molar-refractivity contribution in [3.05, 3.63) is 29.6 Å². The molecule has 0 radical (unpaired) electrons. The van der Waals surface area contributed by atoms with E-state index in [4.69, 9.17) is 9.47 Å². The van der Waals surface area contributed by atoms with Crippen LogP contribution in [0.4, 0.5) is 9.18 Å². The quantitative estimate of drug-likeness (QED) is 0.685. The molecule has 1 atom stereocenters. The minimum atomic E-state index is -0.654. The molecule has 1 heterocycles. The SMILES string of the molecule is COc1ccc(C(=O)N2CCCC(C(=O)NCCNC(=O)OC(C)(C)C)C2)c(F)c1. The van der Waals surface area contributed by atoms with Gasteiger partial charge >= 0.3 is 6.09 Å². The van der Waals surface area contributed by atoms with E-state index in [1.807, 2.05) is 0 Å². The van der Waals surface area contributed by atoms with Gasteiger partial charge in [-0.1, -0.05) is 0 Å². The molecule has 2 rings (SSSR count). The topological polar surface area (TPSA) is 97.0 Å². The second-order valence-electron chi connectivity index (χ2n) is 8.16. The molecule has 0 aromatic heterocycles. The highest BCUT2D eigenvalue weighted by atomic mass is 19.1. The number of amides is 3. The number of carbonyl (C=O) groups is 3. The Hall–Kier alpha value is -2.84. The third-order valence-corrected chi connectivity index (χ3v) is 4.58. The summed E-state index contributed by atoms with van der Waals surface area (Å²) in [6.07, 6.45) is 0.741. The van der Waals surface area contributed by atoms with Gasteiger partial charge < -0.3 is 25.0 Å². The lowest BCUT2D eigenvalue weighted by Gasteiger charge is -2.32. The number of piperidine rings is 1. The van der Waals surface area contributed by atoms with Crippen molar-refractivity contribution in [1.29, 1.82) is 0 Å². The molecule has 166 valence electrons. The largest absolute Gasteiger partial charge is 0.497 e. The Balaban J connectivity index is 1.83. The van der Waals surface area contributed by atoms with Crippen molar-refractivity contribution in [1.82, 2.24) is 15.5 Å². The van der Waals surface area contributed by atoms with Crippen LogP contribution in [0.2, 0.25) is 0 Å². The lowest BCUT2D eigenvalue weighted by atomic mass is 9.96. The maximum atomic E-state index is 14.2. The van der Waals surface area contributed by atoms with Gasteiger partial charge in [0.2, 0.25) is 5.91 Å². The van der Waals surface area contributed by atoms with Gasteiger partial charge in [0.25, 0.3) is 5.91 Å². The second-order valence-corrected chi connectivity index (χ2v) is 8.16. The summed E-state index contributed by atoms with van der Waals surface area (Å²) in [6.45, 7) is 6.46. The summed E-state index contributed by atoms with van der Waals surface area (Å²) >= 11 is 0. The van der Waals surface area contributed by atoms with E-state index in [-0.39, 0.29) is 37.0 Å². The lowest BCUT2D eigenvalue weighted by molar-refractivity contribution is -0.126. The number of nitrogens with zero attached hydrogens (tertiary/aromatic N) is 1. The summed E-state index contributed by atoms with van der Waals surface area (Å²) in [5.74, 6) is -1.35. The van der Waals surface area contributed by atoms with Gasteiger partial charge in [-0.15, -0.1) is 0 Å². The zero-order valence-electron chi connectivity index (χ0n) is 17.9. The summed E-state index contributed by atoms with van der Waals surface area (Å²) in [4.78, 5) is 38.2. The van der Waals surface area contributed by atoms with E-state index in [9.17, 15) is 18.8 Å². The molecule has 0 bridgehead atoms. The van der Waals surface area contributed by atoms with Crippen molar-refractivity contribution in [2.24, 2.45) is 5.92 Å². The first-order chi connectivity index (χ1) is 14.1. The van der Waals surface area contributed by atoms with Gasteiger partial charge in [0.1, 0.15) is 17.2 Å². The number of nitrogens with one attached hydrogen (secondary N) is 2. The van der Waals surface area contributed by atoms with Crippen LogP contribution in [-0.2, 0) is 9.53 Å². The number of halogens is 1. The van der Waals surface area contributed by atoms with E-state index in [2.05, 4.69) is 10.6 Å². The van der Waals surface area contributed by atoms with Crippen LogP contribution >= 0.6 is 0 Å². The van der Waals surface area contributed by atoms with Crippen LogP contribution in [0.1, 0.15) is 44.0 Å². The third-order valence-electron chi connectivity index (χ3n) is 4.58. The van der Waals surface area contributed by atoms with E-state index in [0.29, 0.717) is 25.1 Å². The van der Waals surface area contributed by atoms with E-state index in [1.54, 1.807) is 20.8 Å². The summed E-state index contributed by atoms with van der Waals surface area (Å²) in [6, 6.07) is 4.09. The molecule has 1 fully saturated rings. The zero-order valence-corrected chi connectivity index (χ0v) is 17.9. The van der Waals surface area contributed by atoms with E-state index in [0.717, 1.165) is 0 Å². The van der Waals surface area contributed by atoms with Crippen LogP contribution < -0.4 is 15.4 Å². The molecule has 3 amide bonds. The number of methoxy groups -OCH3 is 1. The third kappa shape index (κ3) is 6.89. The fraction of sp³-hybridized carbons (Fsp3) is 0.571. The number of hydrogen-bond donors (Lipinski definition) is 2. The Morgan fingerprint density at radius 3 is 2.53 bits per heavy atom. The molecule has 1 aromatic carbocycles. The Labute approximate surface area is 176 Å². The highest BCUT2D eigenvalue weighted by Crippen LogP contribution is 2.22. The first-order valence-corrected chi connectivity index (χ1v) is 9.98. The summed E-state index contributed by atoms with van der Waals surface area (Å²) < 4.78 is 24.3. The van der Waals surface area contributed by atoms with Gasteiger partial charge in [0, 0.05) is 32.2 Å². The smallest absolute Gasteiger partial charge is 0.407 e. The Morgan fingerprint density at radius 2 is 1.90 bits per heavy atom. The maximum absolute atomic E-state index is 14.2. The van der Waals surface area contributed by atoms with Crippen molar-refractivity contribution in [2.45, 2.75) is 39.2 Å². The van der Waals surface area contributed by atoms with Gasteiger partial charge in [-0.2, -0.15) is 0 Å². The lowest BCUT2D eigenvalue weighted by Crippen LogP contribution is -2.46. The zero-order chi connectivity index (χ0) is 22.3. The number of benzene rings is 1. The Kier molecular flexibility index (Phi) is 8.02. The van der Waals surface area contributed by atoms with Crippen LogP contribution in [0.15, 0.2) is 18.2 Å². The van der Waals surface area contributed by atoms with Crippen molar-refractivity contribution in [2.75, 3.05) is 33.3 Å². The van der Waals surface area contributed by atoms with Crippen molar-refractivity contribution in [3.8, 4) is 5.75 Å². The molecule has 1 aromatic rings. The molecule has 0 spiro atoms. The number of alkyl carbamates (subject to hydrolysis) is 1. The molecule has 0 aliphatic carbocycles.